The lowest BCUT2D eigenvalue weighted by atomic mass is 9.99. The number of aromatic nitrogens is 5. The highest BCUT2D eigenvalue weighted by Gasteiger charge is 2.35. The number of nitrogens with one attached hydrogen (secondary N) is 3. The Morgan fingerprint density at radius 3 is 2.46 bits per heavy atom. The van der Waals surface area contributed by atoms with Crippen molar-refractivity contribution >= 4 is 29.2 Å². The number of hydrogen-bond donors (Lipinski definition) is 3. The van der Waals surface area contributed by atoms with E-state index in [4.69, 9.17) is 4.74 Å². The van der Waals surface area contributed by atoms with Gasteiger partial charge in [-0.15, -0.1) is 0 Å². The summed E-state index contributed by atoms with van der Waals surface area (Å²) in [4.78, 5) is 37.0. The minimum absolute atomic E-state index is 0.0167. The van der Waals surface area contributed by atoms with Gasteiger partial charge in [0, 0.05) is 43.4 Å². The van der Waals surface area contributed by atoms with Crippen LogP contribution >= 0.6 is 0 Å². The largest absolute Gasteiger partial charge is 0.462 e. The van der Waals surface area contributed by atoms with Gasteiger partial charge in [-0.2, -0.15) is 4.98 Å². The van der Waals surface area contributed by atoms with Gasteiger partial charge >= 0.3 is 5.97 Å². The van der Waals surface area contributed by atoms with Gasteiger partial charge in [0.15, 0.2) is 5.82 Å². The third-order valence-electron chi connectivity index (χ3n) is 7.16. The first kappa shape index (κ1) is 26.7. The van der Waals surface area contributed by atoms with E-state index in [0.717, 1.165) is 56.9 Å². The van der Waals surface area contributed by atoms with Gasteiger partial charge < -0.3 is 20.7 Å². The van der Waals surface area contributed by atoms with Crippen LogP contribution < -0.4 is 16.0 Å². The van der Waals surface area contributed by atoms with Crippen molar-refractivity contribution in [2.45, 2.75) is 32.4 Å². The average Bonchev–Trinajstić information content (AvgIpc) is 2.96. The summed E-state index contributed by atoms with van der Waals surface area (Å²) < 4.78 is 5.70. The van der Waals surface area contributed by atoms with E-state index in [1.807, 2.05) is 37.3 Å². The van der Waals surface area contributed by atoms with Crippen molar-refractivity contribution < 1.29 is 9.53 Å². The van der Waals surface area contributed by atoms with Crippen LogP contribution in [-0.2, 0) is 16.1 Å². The van der Waals surface area contributed by atoms with E-state index in [9.17, 15) is 4.79 Å². The van der Waals surface area contributed by atoms with Gasteiger partial charge in [-0.25, -0.2) is 19.9 Å². The molecule has 11 nitrogen and oxygen atoms in total. The van der Waals surface area contributed by atoms with Crippen molar-refractivity contribution in [2.75, 3.05) is 36.8 Å². The Morgan fingerprint density at radius 1 is 0.927 bits per heavy atom. The number of benzene rings is 1. The molecule has 5 heterocycles. The van der Waals surface area contributed by atoms with E-state index < -0.39 is 0 Å². The number of esters is 1. The van der Waals surface area contributed by atoms with Gasteiger partial charge in [0.05, 0.1) is 5.92 Å². The van der Waals surface area contributed by atoms with Crippen LogP contribution in [0.5, 0.6) is 0 Å². The number of ether oxygens (including phenoxy) is 1. The quantitative estimate of drug-likeness (QED) is 0.262. The van der Waals surface area contributed by atoms with E-state index in [-0.39, 0.29) is 18.0 Å². The van der Waals surface area contributed by atoms with Gasteiger partial charge in [0.2, 0.25) is 5.95 Å². The number of aryl methyl sites for hydroxylation is 1. The van der Waals surface area contributed by atoms with Crippen LogP contribution in [0.15, 0.2) is 67.0 Å². The Labute approximate surface area is 238 Å². The summed E-state index contributed by atoms with van der Waals surface area (Å²) in [5.74, 6) is 2.16. The molecule has 0 saturated carbocycles. The maximum atomic E-state index is 12.4. The number of piperidine rings is 1. The Bertz CT molecular complexity index is 1490. The monoisotopic (exact) mass is 551 g/mol. The van der Waals surface area contributed by atoms with Gasteiger partial charge in [0.1, 0.15) is 23.4 Å². The summed E-state index contributed by atoms with van der Waals surface area (Å²) >= 11 is 0. The zero-order valence-electron chi connectivity index (χ0n) is 23.0. The molecule has 0 unspecified atom stereocenters. The van der Waals surface area contributed by atoms with Gasteiger partial charge in [-0.1, -0.05) is 18.2 Å². The summed E-state index contributed by atoms with van der Waals surface area (Å²) in [6.07, 6.45) is 5.26. The van der Waals surface area contributed by atoms with Crippen LogP contribution in [0.2, 0.25) is 0 Å². The van der Waals surface area contributed by atoms with Crippen LogP contribution in [0.1, 0.15) is 24.1 Å². The standard InChI is InChI=1S/C30H33N9O2/c1-20-3-2-4-25(34-20)28-32-15-11-26(37-28)36-27-12-16-33-30(38-27)35-23-7-5-21(6-8-23)17-39-18-22(19-39)29(40)41-24-9-13-31-14-10-24/h2-8,11-12,15-16,22,24,31H,9-10,13-14,17-19H2,1H3,(H2,32,33,35,36,37,38). The molecular formula is C30H33N9O2. The molecule has 3 aromatic heterocycles. The highest BCUT2D eigenvalue weighted by molar-refractivity contribution is 5.74. The second-order valence-corrected chi connectivity index (χ2v) is 10.4. The fourth-order valence-corrected chi connectivity index (χ4v) is 4.94. The Hall–Kier alpha value is -4.48. The SMILES string of the molecule is Cc1cccc(-c2nccc(Nc3ccnc(Nc4ccc(CN5CC(C(=O)OC6CCNCC6)C5)cc4)n3)n2)n1. The second-order valence-electron chi connectivity index (χ2n) is 10.4. The zero-order valence-corrected chi connectivity index (χ0v) is 23.0. The fraction of sp³-hybridized carbons (Fsp3) is 0.333. The molecule has 0 radical (unpaired) electrons. The molecule has 0 bridgehead atoms. The molecule has 2 fully saturated rings. The molecule has 0 spiro atoms. The molecule has 1 aromatic carbocycles. The average molecular weight is 552 g/mol. The van der Waals surface area contributed by atoms with Crippen LogP contribution in [0.25, 0.3) is 11.5 Å². The molecule has 2 aliphatic heterocycles. The first-order valence-corrected chi connectivity index (χ1v) is 13.9. The van der Waals surface area contributed by atoms with Gasteiger partial charge in [-0.3, -0.25) is 9.69 Å². The summed E-state index contributed by atoms with van der Waals surface area (Å²) in [6, 6.07) is 17.5. The number of carbonyl (C=O) groups excluding carboxylic acids is 1. The van der Waals surface area contributed by atoms with Crippen molar-refractivity contribution in [3.63, 3.8) is 0 Å². The molecule has 0 aliphatic carbocycles. The van der Waals surface area contributed by atoms with E-state index in [2.05, 4.69) is 57.9 Å². The van der Waals surface area contributed by atoms with Gasteiger partial charge in [0.25, 0.3) is 0 Å². The number of rotatable bonds is 9. The molecular weight excluding hydrogens is 518 g/mol. The lowest BCUT2D eigenvalue weighted by molar-refractivity contribution is -0.161. The number of nitrogens with zero attached hydrogens (tertiary/aromatic N) is 6. The molecule has 0 amide bonds. The normalized spacial score (nSPS) is 16.1. The Morgan fingerprint density at radius 2 is 1.68 bits per heavy atom. The van der Waals surface area contributed by atoms with E-state index in [1.54, 1.807) is 24.5 Å². The highest BCUT2D eigenvalue weighted by Crippen LogP contribution is 2.23. The summed E-state index contributed by atoms with van der Waals surface area (Å²) in [7, 11) is 0. The van der Waals surface area contributed by atoms with Crippen molar-refractivity contribution in [1.29, 1.82) is 0 Å². The molecule has 11 heteroatoms. The van der Waals surface area contributed by atoms with Crippen molar-refractivity contribution in [3.8, 4) is 11.5 Å². The number of hydrogen-bond acceptors (Lipinski definition) is 11. The minimum atomic E-state index is -0.0483. The first-order valence-electron chi connectivity index (χ1n) is 13.9. The minimum Gasteiger partial charge on any atom is -0.462 e. The molecule has 4 aromatic rings. The molecule has 0 atom stereocenters. The van der Waals surface area contributed by atoms with E-state index in [1.165, 1.54) is 5.56 Å². The van der Waals surface area contributed by atoms with E-state index >= 15 is 0 Å². The highest BCUT2D eigenvalue weighted by atomic mass is 16.5. The number of carbonyl (C=O) groups is 1. The molecule has 6 rings (SSSR count). The fourth-order valence-electron chi connectivity index (χ4n) is 4.94. The zero-order chi connectivity index (χ0) is 28.0. The summed E-state index contributed by atoms with van der Waals surface area (Å²) in [5, 5.41) is 9.78. The molecule has 210 valence electrons. The third-order valence-corrected chi connectivity index (χ3v) is 7.16. The van der Waals surface area contributed by atoms with Crippen LogP contribution in [-0.4, -0.2) is 68.1 Å². The smallest absolute Gasteiger partial charge is 0.311 e. The number of pyridine rings is 1. The lowest BCUT2D eigenvalue weighted by Crippen LogP contribution is -2.51. The molecule has 3 N–H and O–H groups in total. The van der Waals surface area contributed by atoms with Crippen LogP contribution in [0.3, 0.4) is 0 Å². The maximum Gasteiger partial charge on any atom is 0.311 e. The Balaban J connectivity index is 1.00. The third kappa shape index (κ3) is 7.00. The van der Waals surface area contributed by atoms with Gasteiger partial charge in [-0.05, 0) is 74.8 Å². The number of likely N-dealkylation sites (tertiary alicyclic amines) is 1. The van der Waals surface area contributed by atoms with Crippen LogP contribution in [0, 0.1) is 12.8 Å². The summed E-state index contributed by atoms with van der Waals surface area (Å²) in [6.45, 7) is 6.06. The van der Waals surface area contributed by atoms with Crippen molar-refractivity contribution in [3.05, 3.63) is 78.2 Å². The molecule has 2 saturated heterocycles. The number of anilines is 4. The second kappa shape index (κ2) is 12.4. The predicted octanol–water partition coefficient (Wildman–Crippen LogP) is 3.85. The Kier molecular flexibility index (Phi) is 8.06. The molecule has 2 aliphatic rings. The maximum absolute atomic E-state index is 12.4. The molecule has 41 heavy (non-hydrogen) atoms. The topological polar surface area (TPSA) is 130 Å². The van der Waals surface area contributed by atoms with E-state index in [0.29, 0.717) is 29.1 Å². The van der Waals surface area contributed by atoms with Crippen molar-refractivity contribution in [2.24, 2.45) is 5.92 Å². The lowest BCUT2D eigenvalue weighted by Gasteiger charge is -2.38. The van der Waals surface area contributed by atoms with Crippen molar-refractivity contribution in [1.82, 2.24) is 35.1 Å². The van der Waals surface area contributed by atoms with Crippen LogP contribution in [0.4, 0.5) is 23.3 Å². The predicted molar refractivity (Wildman–Crippen MR) is 156 cm³/mol. The first-order chi connectivity index (χ1) is 20.1. The summed E-state index contributed by atoms with van der Waals surface area (Å²) in [5.41, 5.74) is 3.68.